The largest absolute Gasteiger partial charge is 0.481 e. The molecule has 0 aliphatic carbocycles. The zero-order chi connectivity index (χ0) is 13.1. The molecule has 1 unspecified atom stereocenters. The topological polar surface area (TPSA) is 97.5 Å². The summed E-state index contributed by atoms with van der Waals surface area (Å²) in [4.78, 5) is 10.5. The molecule has 1 aromatic carbocycles. The molecule has 0 spiro atoms. The normalized spacial score (nSPS) is 13.3. The molecule has 1 rings (SSSR count). The first-order valence-electron chi connectivity index (χ1n) is 5.18. The van der Waals surface area contributed by atoms with Gasteiger partial charge in [-0.2, -0.15) is 0 Å². The monoisotopic (exact) mass is 257 g/mol. The molecule has 0 aromatic heterocycles. The molecule has 0 saturated carbocycles. The van der Waals surface area contributed by atoms with E-state index in [4.69, 9.17) is 10.8 Å². The summed E-state index contributed by atoms with van der Waals surface area (Å²) in [5.74, 6) is -1.23. The van der Waals surface area contributed by atoms with E-state index in [-0.39, 0.29) is 4.90 Å². The van der Waals surface area contributed by atoms with E-state index in [9.17, 15) is 13.2 Å². The lowest BCUT2D eigenvalue weighted by Gasteiger charge is -2.11. The third-order valence-electron chi connectivity index (χ3n) is 2.43. The number of carboxylic acids is 1. The van der Waals surface area contributed by atoms with Gasteiger partial charge in [-0.1, -0.05) is 19.1 Å². The molecule has 3 N–H and O–H groups in total. The molecular weight excluding hydrogens is 242 g/mol. The Bertz CT molecular complexity index is 493. The molecule has 1 atom stereocenters. The maximum atomic E-state index is 11.9. The smallest absolute Gasteiger partial charge is 0.306 e. The molecule has 6 heteroatoms. The number of aryl methyl sites for hydroxylation is 1. The van der Waals surface area contributed by atoms with Crippen LogP contribution in [0.1, 0.15) is 18.9 Å². The number of carboxylic acid groups (broad SMARTS) is 1. The van der Waals surface area contributed by atoms with E-state index in [2.05, 4.69) is 0 Å². The Morgan fingerprint density at radius 1 is 1.35 bits per heavy atom. The molecule has 5 nitrogen and oxygen atoms in total. The lowest BCUT2D eigenvalue weighted by atomic mass is 10.2. The predicted octanol–water partition coefficient (Wildman–Crippen LogP) is 0.782. The van der Waals surface area contributed by atoms with Crippen molar-refractivity contribution in [1.29, 1.82) is 0 Å². The van der Waals surface area contributed by atoms with E-state index in [0.717, 1.165) is 12.0 Å². The van der Waals surface area contributed by atoms with E-state index in [0.29, 0.717) is 0 Å². The second-order valence-corrected chi connectivity index (χ2v) is 5.85. The molecule has 0 heterocycles. The summed E-state index contributed by atoms with van der Waals surface area (Å²) in [6.45, 7) is 1.96. The molecule has 17 heavy (non-hydrogen) atoms. The van der Waals surface area contributed by atoms with Crippen LogP contribution in [0.5, 0.6) is 0 Å². The fourth-order valence-electron chi connectivity index (χ4n) is 1.37. The molecule has 0 aliphatic heterocycles. The van der Waals surface area contributed by atoms with Gasteiger partial charge < -0.3 is 10.8 Å². The van der Waals surface area contributed by atoms with Gasteiger partial charge in [-0.05, 0) is 24.1 Å². The predicted molar refractivity (Wildman–Crippen MR) is 63.2 cm³/mol. The molecule has 0 saturated heterocycles. The summed E-state index contributed by atoms with van der Waals surface area (Å²) in [6.07, 6.45) is 0.208. The van der Waals surface area contributed by atoms with E-state index < -0.39 is 27.6 Å². The summed E-state index contributed by atoms with van der Waals surface area (Å²) < 4.78 is 23.8. The number of rotatable bonds is 5. The average Bonchev–Trinajstić information content (AvgIpc) is 2.28. The summed E-state index contributed by atoms with van der Waals surface area (Å²) in [5.41, 5.74) is 6.40. The molecule has 0 amide bonds. The van der Waals surface area contributed by atoms with Crippen molar-refractivity contribution in [3.05, 3.63) is 29.8 Å². The zero-order valence-electron chi connectivity index (χ0n) is 9.46. The van der Waals surface area contributed by atoms with E-state index in [1.165, 1.54) is 12.1 Å². The van der Waals surface area contributed by atoms with Crippen molar-refractivity contribution in [2.75, 3.05) is 0 Å². The Morgan fingerprint density at radius 2 is 1.88 bits per heavy atom. The van der Waals surface area contributed by atoms with Crippen LogP contribution < -0.4 is 5.73 Å². The van der Waals surface area contributed by atoms with Crippen molar-refractivity contribution >= 4 is 15.8 Å². The number of nitrogens with two attached hydrogens (primary N) is 1. The SMILES string of the molecule is CCc1ccc(S(=O)(=O)C(N)CC(=O)O)cc1. The summed E-state index contributed by atoms with van der Waals surface area (Å²) in [5, 5.41) is 7.12. The molecule has 0 aliphatic rings. The number of aliphatic carboxylic acids is 1. The third-order valence-corrected chi connectivity index (χ3v) is 4.33. The van der Waals surface area contributed by atoms with Gasteiger partial charge in [-0.15, -0.1) is 0 Å². The van der Waals surface area contributed by atoms with Gasteiger partial charge >= 0.3 is 5.97 Å². The van der Waals surface area contributed by atoms with Gasteiger partial charge in [0.15, 0.2) is 9.84 Å². The lowest BCUT2D eigenvalue weighted by Crippen LogP contribution is -2.33. The van der Waals surface area contributed by atoms with Gasteiger partial charge in [-0.3, -0.25) is 4.79 Å². The van der Waals surface area contributed by atoms with E-state index in [1.54, 1.807) is 12.1 Å². The summed E-state index contributed by atoms with van der Waals surface area (Å²) in [6, 6.07) is 6.30. The Morgan fingerprint density at radius 3 is 2.29 bits per heavy atom. The first kappa shape index (κ1) is 13.7. The van der Waals surface area contributed by atoms with Gasteiger partial charge in [0, 0.05) is 0 Å². The van der Waals surface area contributed by atoms with Crippen LogP contribution in [0.4, 0.5) is 0 Å². The molecule has 94 valence electrons. The van der Waals surface area contributed by atoms with Crippen molar-refractivity contribution in [2.24, 2.45) is 5.73 Å². The molecular formula is C11H15NO4S. The number of sulfone groups is 1. The van der Waals surface area contributed by atoms with Crippen molar-refractivity contribution in [3.8, 4) is 0 Å². The maximum absolute atomic E-state index is 11.9. The minimum Gasteiger partial charge on any atom is -0.481 e. The molecule has 0 bridgehead atoms. The highest BCUT2D eigenvalue weighted by Gasteiger charge is 2.25. The van der Waals surface area contributed by atoms with Crippen molar-refractivity contribution < 1.29 is 18.3 Å². The van der Waals surface area contributed by atoms with Gasteiger partial charge in [-0.25, -0.2) is 8.42 Å². The van der Waals surface area contributed by atoms with Gasteiger partial charge in [0.05, 0.1) is 11.3 Å². The number of benzene rings is 1. The van der Waals surface area contributed by atoms with Crippen molar-refractivity contribution in [3.63, 3.8) is 0 Å². The minimum absolute atomic E-state index is 0.0588. The Labute approximate surface area is 100 Å². The van der Waals surface area contributed by atoms with Crippen LogP contribution in [0.15, 0.2) is 29.2 Å². The van der Waals surface area contributed by atoms with Crippen LogP contribution in [0.2, 0.25) is 0 Å². The van der Waals surface area contributed by atoms with Crippen LogP contribution in [0.25, 0.3) is 0 Å². The van der Waals surface area contributed by atoms with E-state index >= 15 is 0 Å². The third kappa shape index (κ3) is 3.28. The van der Waals surface area contributed by atoms with Crippen molar-refractivity contribution in [1.82, 2.24) is 0 Å². The first-order chi connectivity index (χ1) is 7.87. The Balaban J connectivity index is 3.00. The number of hydrogen-bond donors (Lipinski definition) is 2. The molecule has 0 radical (unpaired) electrons. The van der Waals surface area contributed by atoms with Crippen LogP contribution in [-0.4, -0.2) is 24.9 Å². The summed E-state index contributed by atoms with van der Waals surface area (Å²) >= 11 is 0. The minimum atomic E-state index is -3.76. The standard InChI is InChI=1S/C11H15NO4S/c1-2-8-3-5-9(6-4-8)17(15,16)10(12)7-11(13)14/h3-6,10H,2,7,12H2,1H3,(H,13,14). The number of carbonyl (C=O) groups is 1. The first-order valence-corrected chi connectivity index (χ1v) is 6.72. The molecule has 0 fully saturated rings. The molecule has 1 aromatic rings. The van der Waals surface area contributed by atoms with Gasteiger partial charge in [0.2, 0.25) is 0 Å². The van der Waals surface area contributed by atoms with Crippen LogP contribution >= 0.6 is 0 Å². The van der Waals surface area contributed by atoms with Crippen molar-refractivity contribution in [2.45, 2.75) is 30.0 Å². The highest BCUT2D eigenvalue weighted by molar-refractivity contribution is 7.92. The van der Waals surface area contributed by atoms with Gasteiger partial charge in [0.25, 0.3) is 0 Å². The Kier molecular flexibility index (Phi) is 4.25. The lowest BCUT2D eigenvalue weighted by molar-refractivity contribution is -0.137. The second kappa shape index (κ2) is 5.29. The highest BCUT2D eigenvalue weighted by Crippen LogP contribution is 2.16. The highest BCUT2D eigenvalue weighted by atomic mass is 32.2. The fourth-order valence-corrected chi connectivity index (χ4v) is 2.60. The van der Waals surface area contributed by atoms with Crippen LogP contribution in [0.3, 0.4) is 0 Å². The van der Waals surface area contributed by atoms with Crippen LogP contribution in [-0.2, 0) is 21.1 Å². The second-order valence-electron chi connectivity index (χ2n) is 3.68. The van der Waals surface area contributed by atoms with Crippen LogP contribution in [0, 0.1) is 0 Å². The fraction of sp³-hybridized carbons (Fsp3) is 0.364. The zero-order valence-corrected chi connectivity index (χ0v) is 10.3. The average molecular weight is 257 g/mol. The summed E-state index contributed by atoms with van der Waals surface area (Å²) in [7, 11) is -3.76. The Hall–Kier alpha value is -1.40. The van der Waals surface area contributed by atoms with Gasteiger partial charge in [0.1, 0.15) is 5.37 Å². The quantitative estimate of drug-likeness (QED) is 0.812. The van der Waals surface area contributed by atoms with E-state index in [1.807, 2.05) is 6.92 Å². The maximum Gasteiger partial charge on any atom is 0.306 e. The number of hydrogen-bond acceptors (Lipinski definition) is 4.